The fourth-order valence-electron chi connectivity index (χ4n) is 2.75. The zero-order valence-corrected chi connectivity index (χ0v) is 11.8. The van der Waals surface area contributed by atoms with Crippen LogP contribution in [-0.4, -0.2) is 27.5 Å². The van der Waals surface area contributed by atoms with Gasteiger partial charge in [-0.15, -0.1) is 0 Å². The van der Waals surface area contributed by atoms with Crippen molar-refractivity contribution in [1.29, 1.82) is 0 Å². The van der Waals surface area contributed by atoms with Gasteiger partial charge in [0.15, 0.2) is 0 Å². The first-order valence-electron chi connectivity index (χ1n) is 7.08. The molecule has 0 aliphatic carbocycles. The predicted molar refractivity (Wildman–Crippen MR) is 75.9 cm³/mol. The molecule has 1 amide bonds. The van der Waals surface area contributed by atoms with Crippen molar-refractivity contribution in [3.05, 3.63) is 51.8 Å². The molecule has 1 aliphatic heterocycles. The lowest BCUT2D eigenvalue weighted by molar-refractivity contribution is 0.0595. The van der Waals surface area contributed by atoms with E-state index in [9.17, 15) is 9.59 Å². The van der Waals surface area contributed by atoms with Gasteiger partial charge in [-0.2, -0.15) is 0 Å². The fraction of sp³-hybridized carbons (Fsp3) is 0.400. The van der Waals surface area contributed by atoms with Crippen LogP contribution in [0.15, 0.2) is 33.6 Å². The minimum absolute atomic E-state index is 0.0904. The molecule has 1 aliphatic rings. The number of aromatic nitrogens is 2. The van der Waals surface area contributed by atoms with Gasteiger partial charge < -0.3 is 14.4 Å². The second-order valence-electron chi connectivity index (χ2n) is 5.30. The monoisotopic (exact) mass is 287 g/mol. The van der Waals surface area contributed by atoms with Gasteiger partial charge in [-0.25, -0.2) is 0 Å². The number of carbonyl (C=O) groups excluding carboxylic acids is 1. The molecule has 6 nitrogen and oxygen atoms in total. The second kappa shape index (κ2) is 5.55. The molecule has 21 heavy (non-hydrogen) atoms. The zero-order chi connectivity index (χ0) is 14.8. The fourth-order valence-corrected chi connectivity index (χ4v) is 2.75. The predicted octanol–water partition coefficient (Wildman–Crippen LogP) is 2.04. The number of nitrogens with one attached hydrogen (secondary N) is 1. The molecule has 3 heterocycles. The number of carbonyl (C=O) groups is 1. The molecule has 1 saturated heterocycles. The van der Waals surface area contributed by atoms with E-state index in [-0.39, 0.29) is 17.5 Å². The Hall–Kier alpha value is -2.37. The van der Waals surface area contributed by atoms with Crippen molar-refractivity contribution in [1.82, 2.24) is 15.0 Å². The van der Waals surface area contributed by atoms with Gasteiger partial charge in [0.1, 0.15) is 17.1 Å². The number of pyridine rings is 1. The number of nitrogens with zero attached hydrogens (tertiary/aromatic N) is 2. The van der Waals surface area contributed by atoms with Gasteiger partial charge in [0.2, 0.25) is 5.56 Å². The number of hydrogen-bond acceptors (Lipinski definition) is 4. The van der Waals surface area contributed by atoms with Crippen molar-refractivity contribution in [2.45, 2.75) is 32.2 Å². The summed E-state index contributed by atoms with van der Waals surface area (Å²) in [6, 6.07) is 6.39. The largest absolute Gasteiger partial charge is 0.361 e. The van der Waals surface area contributed by atoms with E-state index in [4.69, 9.17) is 4.52 Å². The summed E-state index contributed by atoms with van der Waals surface area (Å²) >= 11 is 0. The first kappa shape index (κ1) is 13.6. The van der Waals surface area contributed by atoms with Gasteiger partial charge in [0.25, 0.3) is 5.91 Å². The van der Waals surface area contributed by atoms with Crippen molar-refractivity contribution >= 4 is 5.91 Å². The Labute approximate surface area is 121 Å². The molecule has 1 atom stereocenters. The molecule has 0 aromatic carbocycles. The average Bonchev–Trinajstić information content (AvgIpc) is 2.93. The van der Waals surface area contributed by atoms with Crippen molar-refractivity contribution < 1.29 is 9.32 Å². The highest BCUT2D eigenvalue weighted by Gasteiger charge is 2.31. The molecule has 0 saturated carbocycles. The van der Waals surface area contributed by atoms with E-state index >= 15 is 0 Å². The van der Waals surface area contributed by atoms with Gasteiger partial charge in [0.05, 0.1) is 6.04 Å². The van der Waals surface area contributed by atoms with Gasteiger partial charge in [-0.3, -0.25) is 9.59 Å². The van der Waals surface area contributed by atoms with Crippen LogP contribution in [0.3, 0.4) is 0 Å². The maximum Gasteiger partial charge on any atom is 0.270 e. The third-order valence-corrected chi connectivity index (χ3v) is 3.75. The number of hydrogen-bond donors (Lipinski definition) is 1. The van der Waals surface area contributed by atoms with Crippen LogP contribution in [0.2, 0.25) is 0 Å². The third kappa shape index (κ3) is 2.74. The first-order valence-corrected chi connectivity index (χ1v) is 7.08. The highest BCUT2D eigenvalue weighted by molar-refractivity contribution is 5.92. The van der Waals surface area contributed by atoms with Crippen LogP contribution < -0.4 is 5.56 Å². The molecular formula is C15H17N3O3. The summed E-state index contributed by atoms with van der Waals surface area (Å²) in [6.07, 6.45) is 2.86. The quantitative estimate of drug-likeness (QED) is 0.916. The SMILES string of the molecule is Cc1cc([C@H]2CCCCN2C(=O)c2cccc(=O)[nH]2)no1. The summed E-state index contributed by atoms with van der Waals surface area (Å²) in [5, 5.41) is 4.04. The van der Waals surface area contributed by atoms with Gasteiger partial charge >= 0.3 is 0 Å². The van der Waals surface area contributed by atoms with Gasteiger partial charge in [-0.05, 0) is 32.3 Å². The Bertz CT molecular complexity index is 704. The lowest BCUT2D eigenvalue weighted by Gasteiger charge is -2.34. The Kier molecular flexibility index (Phi) is 3.60. The summed E-state index contributed by atoms with van der Waals surface area (Å²) in [5.41, 5.74) is 0.820. The maximum atomic E-state index is 12.6. The third-order valence-electron chi connectivity index (χ3n) is 3.75. The number of amides is 1. The number of likely N-dealkylation sites (tertiary alicyclic amines) is 1. The molecule has 1 fully saturated rings. The average molecular weight is 287 g/mol. The number of aryl methyl sites for hydroxylation is 1. The molecule has 6 heteroatoms. The molecule has 0 unspecified atom stereocenters. The lowest BCUT2D eigenvalue weighted by Crippen LogP contribution is -2.39. The first-order chi connectivity index (χ1) is 10.1. The molecule has 1 N–H and O–H groups in total. The highest BCUT2D eigenvalue weighted by Crippen LogP contribution is 2.31. The minimum Gasteiger partial charge on any atom is -0.361 e. The Morgan fingerprint density at radius 2 is 2.29 bits per heavy atom. The van der Waals surface area contributed by atoms with Crippen molar-refractivity contribution in [3.8, 4) is 0 Å². The normalized spacial score (nSPS) is 18.7. The van der Waals surface area contributed by atoms with Crippen LogP contribution in [0.4, 0.5) is 0 Å². The van der Waals surface area contributed by atoms with E-state index < -0.39 is 0 Å². The van der Waals surface area contributed by atoms with E-state index in [1.165, 1.54) is 6.07 Å². The number of rotatable bonds is 2. The molecule has 110 valence electrons. The van der Waals surface area contributed by atoms with Crippen LogP contribution in [-0.2, 0) is 0 Å². The maximum absolute atomic E-state index is 12.6. The van der Waals surface area contributed by atoms with Gasteiger partial charge in [0, 0.05) is 18.7 Å². The van der Waals surface area contributed by atoms with E-state index in [0.717, 1.165) is 30.7 Å². The summed E-state index contributed by atoms with van der Waals surface area (Å²) in [4.78, 5) is 28.4. The summed E-state index contributed by atoms with van der Waals surface area (Å²) in [7, 11) is 0. The van der Waals surface area contributed by atoms with Crippen molar-refractivity contribution in [2.75, 3.05) is 6.54 Å². The van der Waals surface area contributed by atoms with E-state index in [0.29, 0.717) is 12.2 Å². The van der Waals surface area contributed by atoms with Crippen molar-refractivity contribution in [2.24, 2.45) is 0 Å². The van der Waals surface area contributed by atoms with E-state index in [2.05, 4.69) is 10.1 Å². The summed E-state index contributed by atoms with van der Waals surface area (Å²) in [5.74, 6) is 0.564. The van der Waals surface area contributed by atoms with E-state index in [1.807, 2.05) is 13.0 Å². The van der Waals surface area contributed by atoms with Gasteiger partial charge in [-0.1, -0.05) is 11.2 Å². The second-order valence-corrected chi connectivity index (χ2v) is 5.30. The molecular weight excluding hydrogens is 270 g/mol. The Morgan fingerprint density at radius 3 is 3.00 bits per heavy atom. The standard InChI is InChI=1S/C15H17N3O3/c1-10-9-12(17-21-10)13-6-2-3-8-18(13)15(20)11-5-4-7-14(19)16-11/h4-5,7,9,13H,2-3,6,8H2,1H3,(H,16,19)/t13-/m1/s1. The zero-order valence-electron chi connectivity index (χ0n) is 11.8. The molecule has 3 rings (SSSR count). The smallest absolute Gasteiger partial charge is 0.270 e. The topological polar surface area (TPSA) is 79.2 Å². The Balaban J connectivity index is 1.90. The van der Waals surface area contributed by atoms with Crippen LogP contribution in [0.25, 0.3) is 0 Å². The highest BCUT2D eigenvalue weighted by atomic mass is 16.5. The molecule has 0 bridgehead atoms. The van der Waals surface area contributed by atoms with Crippen LogP contribution in [0.5, 0.6) is 0 Å². The van der Waals surface area contributed by atoms with Crippen LogP contribution >= 0.6 is 0 Å². The lowest BCUT2D eigenvalue weighted by atomic mass is 9.98. The molecule has 0 spiro atoms. The molecule has 0 radical (unpaired) electrons. The number of H-pyrrole nitrogens is 1. The molecule has 2 aromatic rings. The van der Waals surface area contributed by atoms with E-state index in [1.54, 1.807) is 17.0 Å². The van der Waals surface area contributed by atoms with Crippen molar-refractivity contribution in [3.63, 3.8) is 0 Å². The Morgan fingerprint density at radius 1 is 1.43 bits per heavy atom. The van der Waals surface area contributed by atoms with Crippen LogP contribution in [0, 0.1) is 6.92 Å². The number of piperidine rings is 1. The summed E-state index contributed by atoms with van der Waals surface area (Å²) < 4.78 is 5.12. The molecule has 2 aromatic heterocycles. The van der Waals surface area contributed by atoms with Crippen LogP contribution in [0.1, 0.15) is 47.2 Å². The minimum atomic E-state index is -0.272. The summed E-state index contributed by atoms with van der Waals surface area (Å²) in [6.45, 7) is 2.49. The number of aromatic amines is 1.